The van der Waals surface area contributed by atoms with Crippen LogP contribution in [0.2, 0.25) is 0 Å². The van der Waals surface area contributed by atoms with Crippen LogP contribution < -0.4 is 14.2 Å². The number of halogens is 1. The number of fused-ring (bicyclic) bond motifs is 1. The van der Waals surface area contributed by atoms with Crippen molar-refractivity contribution in [2.75, 3.05) is 39.3 Å². The Hall–Kier alpha value is -4.24. The van der Waals surface area contributed by atoms with E-state index in [0.29, 0.717) is 30.4 Å². The second-order valence-electron chi connectivity index (χ2n) is 14.4. The zero-order valence-corrected chi connectivity index (χ0v) is 30.6. The van der Waals surface area contributed by atoms with Crippen LogP contribution in [-0.2, 0) is 6.61 Å². The Morgan fingerprint density at radius 3 is 2.31 bits per heavy atom. The highest BCUT2D eigenvalue weighted by molar-refractivity contribution is 7.22. The van der Waals surface area contributed by atoms with Gasteiger partial charge in [-0.05, 0) is 143 Å². The fraction of sp³-hybridized carbons (Fsp3) is 0.386. The molecule has 3 aliphatic rings. The molecule has 3 fully saturated rings. The number of rotatable bonds is 13. The number of likely N-dealkylation sites (tertiary alicyclic amines) is 2. The highest BCUT2D eigenvalue weighted by Crippen LogP contribution is 2.42. The molecule has 2 atom stereocenters. The molecule has 0 N–H and O–H groups in total. The number of hydrogen-bond acceptors (Lipinski definition) is 7. The number of ketones is 1. The average Bonchev–Trinajstić information content (AvgIpc) is 3.98. The van der Waals surface area contributed by atoms with E-state index in [9.17, 15) is 4.79 Å². The number of nitrogens with zero attached hydrogens (tertiary/aromatic N) is 2. The summed E-state index contributed by atoms with van der Waals surface area (Å²) in [5.74, 6) is 1.04. The summed E-state index contributed by atoms with van der Waals surface area (Å²) >= 11 is 1.55. The molecule has 2 aliphatic heterocycles. The number of carbonyl (C=O) groups excluding carboxylic acids is 1. The van der Waals surface area contributed by atoms with Crippen molar-refractivity contribution < 1.29 is 23.4 Å². The van der Waals surface area contributed by atoms with Crippen molar-refractivity contribution in [3.05, 3.63) is 114 Å². The Morgan fingerprint density at radius 1 is 0.769 bits per heavy atom. The fourth-order valence-electron chi connectivity index (χ4n) is 8.09. The van der Waals surface area contributed by atoms with Crippen molar-refractivity contribution in [2.24, 2.45) is 0 Å². The molecule has 8 heteroatoms. The summed E-state index contributed by atoms with van der Waals surface area (Å²) in [6.07, 6.45) is 9.19. The maximum Gasteiger partial charge on any atom is 0.195 e. The smallest absolute Gasteiger partial charge is 0.195 e. The number of thiophene rings is 1. The third-order valence-electron chi connectivity index (χ3n) is 10.9. The van der Waals surface area contributed by atoms with E-state index in [1.165, 1.54) is 38.2 Å². The number of ether oxygens (including phenoxy) is 3. The predicted octanol–water partition coefficient (Wildman–Crippen LogP) is 9.78. The van der Waals surface area contributed by atoms with Gasteiger partial charge < -0.3 is 14.2 Å². The van der Waals surface area contributed by atoms with E-state index < -0.39 is 5.82 Å². The van der Waals surface area contributed by atoms with Gasteiger partial charge in [-0.15, -0.1) is 11.3 Å². The van der Waals surface area contributed by atoms with Gasteiger partial charge in [0.25, 0.3) is 0 Å². The van der Waals surface area contributed by atoms with Gasteiger partial charge in [0, 0.05) is 38.7 Å². The fourth-order valence-corrected chi connectivity index (χ4v) is 9.32. The van der Waals surface area contributed by atoms with Gasteiger partial charge in [0.15, 0.2) is 17.3 Å². The van der Waals surface area contributed by atoms with E-state index in [-0.39, 0.29) is 17.6 Å². The molecule has 0 amide bonds. The molecule has 3 heterocycles. The van der Waals surface area contributed by atoms with Crippen LogP contribution >= 0.6 is 11.3 Å². The van der Waals surface area contributed by atoms with Crippen LogP contribution in [0.3, 0.4) is 0 Å². The van der Waals surface area contributed by atoms with Crippen molar-refractivity contribution in [3.8, 4) is 27.7 Å². The van der Waals surface area contributed by atoms with Crippen molar-refractivity contribution in [3.63, 3.8) is 0 Å². The minimum atomic E-state index is -0.496. The van der Waals surface area contributed by atoms with E-state index in [0.717, 1.165) is 89.6 Å². The number of benzene rings is 4. The second kappa shape index (κ2) is 16.2. The minimum absolute atomic E-state index is 0.0409. The Balaban J connectivity index is 1.06. The largest absolute Gasteiger partial charge is 0.492 e. The molecule has 52 heavy (non-hydrogen) atoms. The summed E-state index contributed by atoms with van der Waals surface area (Å²) in [5.41, 5.74) is 2.86. The normalized spacial score (nSPS) is 19.6. The third kappa shape index (κ3) is 7.89. The summed E-state index contributed by atoms with van der Waals surface area (Å²) in [7, 11) is 0. The van der Waals surface area contributed by atoms with Crippen LogP contribution in [0.15, 0.2) is 91.0 Å². The van der Waals surface area contributed by atoms with Crippen LogP contribution in [0.4, 0.5) is 4.39 Å². The van der Waals surface area contributed by atoms with Gasteiger partial charge in [0.1, 0.15) is 30.8 Å². The molecular formula is C44H47FN2O4S. The van der Waals surface area contributed by atoms with Crippen LogP contribution in [-0.4, -0.2) is 67.1 Å². The molecule has 6 nitrogen and oxygen atoms in total. The van der Waals surface area contributed by atoms with Crippen molar-refractivity contribution in [1.82, 2.24) is 9.80 Å². The van der Waals surface area contributed by atoms with E-state index >= 15 is 4.39 Å². The van der Waals surface area contributed by atoms with Gasteiger partial charge in [0.2, 0.25) is 0 Å². The van der Waals surface area contributed by atoms with E-state index in [1.54, 1.807) is 23.5 Å². The summed E-state index contributed by atoms with van der Waals surface area (Å²) in [4.78, 5) is 20.2. The molecule has 4 aromatic carbocycles. The number of carbonyl (C=O) groups is 1. The molecule has 1 aliphatic carbocycles. The third-order valence-corrected chi connectivity index (χ3v) is 12.1. The zero-order chi connectivity index (χ0) is 35.3. The SMILES string of the molecule is O=C(c1ccc(O[C@H]2CCCC[C@@H]2N2CCCC2)c(F)c1)c1c(-c2ccc(OCCN3CCCC3)cc2)sc2cc(OCc3ccccc3)ccc12. The first-order valence-electron chi connectivity index (χ1n) is 19.0. The van der Waals surface area contributed by atoms with Crippen LogP contribution in [0, 0.1) is 5.82 Å². The lowest BCUT2D eigenvalue weighted by molar-refractivity contribution is 0.0460. The Labute approximate surface area is 310 Å². The second-order valence-corrected chi connectivity index (χ2v) is 15.4. The minimum Gasteiger partial charge on any atom is -0.492 e. The first-order chi connectivity index (χ1) is 25.6. The highest BCUT2D eigenvalue weighted by atomic mass is 32.1. The molecular weight excluding hydrogens is 672 g/mol. The molecule has 0 spiro atoms. The standard InChI is InChI=1S/C44H47FN2O4S/c45-37-28-33(16-21-39(37)51-40-13-5-4-12-38(40)47-24-8-9-25-47)43(48)42-36-20-19-35(50-30-31-10-2-1-3-11-31)29-41(36)52-44(42)32-14-17-34(18-15-32)49-27-26-46-22-6-7-23-46/h1-3,10-11,14-21,28-29,38,40H,4-9,12-13,22-27,30H2/t38-,40-/m0/s1. The number of hydrogen-bond donors (Lipinski definition) is 0. The first-order valence-corrected chi connectivity index (χ1v) is 19.8. The summed E-state index contributed by atoms with van der Waals surface area (Å²) in [6.45, 7) is 6.48. The molecule has 0 unspecified atom stereocenters. The van der Waals surface area contributed by atoms with Gasteiger partial charge in [0.05, 0.1) is 0 Å². The van der Waals surface area contributed by atoms with E-state index in [2.05, 4.69) is 9.80 Å². The molecule has 270 valence electrons. The zero-order valence-electron chi connectivity index (χ0n) is 29.7. The van der Waals surface area contributed by atoms with Gasteiger partial charge in [-0.25, -0.2) is 4.39 Å². The average molecular weight is 719 g/mol. The lowest BCUT2D eigenvalue weighted by Crippen LogP contribution is -2.46. The molecule has 1 aromatic heterocycles. The van der Waals surface area contributed by atoms with Crippen molar-refractivity contribution in [1.29, 1.82) is 0 Å². The van der Waals surface area contributed by atoms with Gasteiger partial charge >= 0.3 is 0 Å². The first kappa shape index (κ1) is 34.8. The van der Waals surface area contributed by atoms with Gasteiger partial charge in [-0.1, -0.05) is 36.8 Å². The maximum atomic E-state index is 15.8. The molecule has 2 saturated heterocycles. The lowest BCUT2D eigenvalue weighted by atomic mass is 9.91. The quantitative estimate of drug-likeness (QED) is 0.113. The van der Waals surface area contributed by atoms with Gasteiger partial charge in [-0.2, -0.15) is 0 Å². The summed E-state index contributed by atoms with van der Waals surface area (Å²) in [6, 6.07) is 28.9. The van der Waals surface area contributed by atoms with Crippen LogP contribution in [0.25, 0.3) is 20.5 Å². The predicted molar refractivity (Wildman–Crippen MR) is 207 cm³/mol. The monoisotopic (exact) mass is 718 g/mol. The molecule has 1 saturated carbocycles. The molecule has 0 radical (unpaired) electrons. The van der Waals surface area contributed by atoms with Crippen LogP contribution in [0.5, 0.6) is 17.2 Å². The van der Waals surface area contributed by atoms with Gasteiger partial charge in [-0.3, -0.25) is 14.6 Å². The Kier molecular flexibility index (Phi) is 10.8. The van der Waals surface area contributed by atoms with Crippen molar-refractivity contribution >= 4 is 27.2 Å². The summed E-state index contributed by atoms with van der Waals surface area (Å²) < 4.78 is 35.4. The Bertz CT molecular complexity index is 1970. The topological polar surface area (TPSA) is 51.2 Å². The summed E-state index contributed by atoms with van der Waals surface area (Å²) in [5, 5.41) is 0.819. The molecule has 0 bridgehead atoms. The molecule has 8 rings (SSSR count). The van der Waals surface area contributed by atoms with Crippen LogP contribution in [0.1, 0.15) is 72.9 Å². The highest BCUT2D eigenvalue weighted by Gasteiger charge is 2.34. The Morgan fingerprint density at radius 2 is 1.52 bits per heavy atom. The lowest BCUT2D eigenvalue weighted by Gasteiger charge is -2.37. The maximum absolute atomic E-state index is 15.8. The van der Waals surface area contributed by atoms with E-state index in [1.807, 2.05) is 72.8 Å². The van der Waals surface area contributed by atoms with E-state index in [4.69, 9.17) is 14.2 Å². The van der Waals surface area contributed by atoms with Crippen molar-refractivity contribution in [2.45, 2.75) is 70.1 Å². The molecule has 5 aromatic rings.